The Bertz CT molecular complexity index is 1200. The highest BCUT2D eigenvalue weighted by molar-refractivity contribution is 7.99. The molecule has 1 unspecified atom stereocenters. The first-order valence-corrected chi connectivity index (χ1v) is 11.7. The lowest BCUT2D eigenvalue weighted by Gasteiger charge is -2.19. The number of rotatable bonds is 6. The van der Waals surface area contributed by atoms with Crippen LogP contribution in [0.1, 0.15) is 23.8 Å². The number of thioether (sulfide) groups is 1. The van der Waals surface area contributed by atoms with E-state index in [0.717, 1.165) is 16.2 Å². The van der Waals surface area contributed by atoms with Crippen molar-refractivity contribution in [3.05, 3.63) is 76.5 Å². The third kappa shape index (κ3) is 4.30. The van der Waals surface area contributed by atoms with E-state index < -0.39 is 0 Å². The topological polar surface area (TPSA) is 87.4 Å². The third-order valence-corrected chi connectivity index (χ3v) is 6.72. The zero-order valence-electron chi connectivity index (χ0n) is 16.1. The summed E-state index contributed by atoms with van der Waals surface area (Å²) in [5.74, 6) is 1.42. The van der Waals surface area contributed by atoms with E-state index >= 15 is 0 Å². The lowest BCUT2D eigenvalue weighted by molar-refractivity contribution is -0.130. The number of carbonyl (C=O) groups excluding carboxylic acids is 1. The van der Waals surface area contributed by atoms with E-state index in [1.54, 1.807) is 17.6 Å². The predicted octanol–water partition coefficient (Wildman–Crippen LogP) is 5.25. The number of hydrazone groups is 1. The number of nitrogens with one attached hydrogen (secondary N) is 1. The minimum atomic E-state index is -0.289. The van der Waals surface area contributed by atoms with Gasteiger partial charge in [-0.2, -0.15) is 5.10 Å². The number of H-pyrrole nitrogens is 1. The number of benzene rings is 1. The van der Waals surface area contributed by atoms with Gasteiger partial charge in [-0.25, -0.2) is 9.99 Å². The highest BCUT2D eigenvalue weighted by atomic mass is 35.5. The molecule has 1 aliphatic rings. The van der Waals surface area contributed by atoms with Crippen LogP contribution in [0, 0.1) is 0 Å². The van der Waals surface area contributed by atoms with Gasteiger partial charge in [0.05, 0.1) is 22.6 Å². The monoisotopic (exact) mass is 469 g/mol. The average molecular weight is 470 g/mol. The summed E-state index contributed by atoms with van der Waals surface area (Å²) in [6.45, 7) is 0. The molecule has 0 spiro atoms. The maximum absolute atomic E-state index is 13.1. The molecule has 1 amide bonds. The highest BCUT2D eigenvalue weighted by Gasteiger charge is 2.34. The fraction of sp³-hybridized carbons (Fsp3) is 0.143. The zero-order chi connectivity index (χ0) is 21.2. The number of aromatic amines is 1. The van der Waals surface area contributed by atoms with E-state index in [2.05, 4.69) is 20.3 Å². The van der Waals surface area contributed by atoms with Gasteiger partial charge in [0.15, 0.2) is 5.82 Å². The Balaban J connectivity index is 1.33. The Kier molecular flexibility index (Phi) is 5.63. The van der Waals surface area contributed by atoms with Crippen molar-refractivity contribution >= 4 is 46.3 Å². The Labute approximate surface area is 191 Å². The molecule has 3 aromatic heterocycles. The molecule has 4 heterocycles. The van der Waals surface area contributed by atoms with Crippen molar-refractivity contribution in [2.75, 3.05) is 5.75 Å². The fourth-order valence-electron chi connectivity index (χ4n) is 3.29. The van der Waals surface area contributed by atoms with E-state index in [-0.39, 0.29) is 17.7 Å². The van der Waals surface area contributed by atoms with Crippen molar-refractivity contribution < 1.29 is 9.21 Å². The number of hydrogen-bond acceptors (Lipinski definition) is 7. The summed E-state index contributed by atoms with van der Waals surface area (Å²) in [7, 11) is 0. The van der Waals surface area contributed by atoms with Gasteiger partial charge in [-0.15, -0.1) is 16.4 Å². The number of amides is 1. The van der Waals surface area contributed by atoms with Gasteiger partial charge < -0.3 is 4.42 Å². The molecular weight excluding hydrogens is 454 g/mol. The van der Waals surface area contributed by atoms with Gasteiger partial charge in [0.1, 0.15) is 11.8 Å². The summed E-state index contributed by atoms with van der Waals surface area (Å²) in [4.78, 5) is 18.5. The molecule has 7 nitrogen and oxygen atoms in total. The van der Waals surface area contributed by atoms with Gasteiger partial charge in [-0.05, 0) is 41.3 Å². The molecule has 1 aromatic carbocycles. The smallest absolute Gasteiger partial charge is 0.253 e. The van der Waals surface area contributed by atoms with Gasteiger partial charge in [-0.1, -0.05) is 41.6 Å². The maximum Gasteiger partial charge on any atom is 0.253 e. The second-order valence-corrected chi connectivity index (χ2v) is 9.09. The van der Waals surface area contributed by atoms with Crippen molar-refractivity contribution in [3.8, 4) is 10.7 Å². The zero-order valence-corrected chi connectivity index (χ0v) is 18.5. The predicted molar refractivity (Wildman–Crippen MR) is 121 cm³/mol. The normalized spacial score (nSPS) is 16.0. The van der Waals surface area contributed by atoms with Crippen LogP contribution in [0.4, 0.5) is 0 Å². The van der Waals surface area contributed by atoms with Crippen LogP contribution in [0.25, 0.3) is 10.7 Å². The number of furan rings is 1. The number of carbonyl (C=O) groups is 1. The van der Waals surface area contributed by atoms with Crippen LogP contribution < -0.4 is 0 Å². The van der Waals surface area contributed by atoms with E-state index in [9.17, 15) is 4.79 Å². The van der Waals surface area contributed by atoms with Crippen LogP contribution in [0.15, 0.2) is 74.8 Å². The van der Waals surface area contributed by atoms with Gasteiger partial charge in [0, 0.05) is 11.4 Å². The van der Waals surface area contributed by atoms with Crippen LogP contribution >= 0.6 is 34.7 Å². The molecule has 0 aliphatic carbocycles. The third-order valence-electron chi connectivity index (χ3n) is 4.76. The van der Waals surface area contributed by atoms with E-state index in [0.29, 0.717) is 28.2 Å². The summed E-state index contributed by atoms with van der Waals surface area (Å²) in [5, 5.41) is 16.4. The lowest BCUT2D eigenvalue weighted by Crippen LogP contribution is -2.28. The van der Waals surface area contributed by atoms with Crippen LogP contribution in [-0.4, -0.2) is 37.6 Å². The summed E-state index contributed by atoms with van der Waals surface area (Å²) < 4.78 is 5.58. The number of aromatic nitrogens is 3. The van der Waals surface area contributed by atoms with Gasteiger partial charge in [0.2, 0.25) is 5.16 Å². The summed E-state index contributed by atoms with van der Waals surface area (Å²) >= 11 is 8.86. The van der Waals surface area contributed by atoms with Gasteiger partial charge >= 0.3 is 0 Å². The molecule has 5 rings (SSSR count). The molecule has 0 bridgehead atoms. The molecule has 1 aliphatic heterocycles. The first-order chi connectivity index (χ1) is 15.2. The highest BCUT2D eigenvalue weighted by Crippen LogP contribution is 2.34. The number of thiophene rings is 1. The first kappa shape index (κ1) is 20.0. The Morgan fingerprint density at radius 2 is 2.13 bits per heavy atom. The molecule has 4 aromatic rings. The average Bonchev–Trinajstić information content (AvgIpc) is 3.58. The van der Waals surface area contributed by atoms with Crippen molar-refractivity contribution in [1.29, 1.82) is 0 Å². The second-order valence-electron chi connectivity index (χ2n) is 6.76. The Morgan fingerprint density at radius 1 is 1.26 bits per heavy atom. The Morgan fingerprint density at radius 3 is 2.87 bits per heavy atom. The quantitative estimate of drug-likeness (QED) is 0.390. The molecule has 0 saturated carbocycles. The van der Waals surface area contributed by atoms with Crippen molar-refractivity contribution in [2.45, 2.75) is 17.6 Å². The second kappa shape index (κ2) is 8.70. The standard InChI is InChI=1S/C21H16ClN5O2S2/c22-14-7-5-13(6-8-14)15-11-16(17-3-1-9-29-17)27(26-15)19(28)12-31-21-23-20(24-25-21)18-4-2-10-30-18/h1-10,16H,11-12H2,(H,23,24,25). The number of hydrogen-bond donors (Lipinski definition) is 1. The largest absolute Gasteiger partial charge is 0.467 e. The molecule has 0 saturated heterocycles. The van der Waals surface area contributed by atoms with Crippen molar-refractivity contribution in [3.63, 3.8) is 0 Å². The van der Waals surface area contributed by atoms with Crippen LogP contribution in [-0.2, 0) is 4.79 Å². The SMILES string of the molecule is O=C(CSc1n[nH]c(-c2cccs2)n1)N1N=C(c2ccc(Cl)cc2)CC1c1ccco1. The van der Waals surface area contributed by atoms with E-state index in [4.69, 9.17) is 16.0 Å². The fourth-order valence-corrected chi connectivity index (χ4v) is 4.73. The van der Waals surface area contributed by atoms with E-state index in [1.165, 1.54) is 16.8 Å². The molecule has 0 fully saturated rings. The van der Waals surface area contributed by atoms with Crippen molar-refractivity contribution in [2.24, 2.45) is 5.10 Å². The minimum absolute atomic E-state index is 0.141. The molecule has 0 radical (unpaired) electrons. The summed E-state index contributed by atoms with van der Waals surface area (Å²) in [5.41, 5.74) is 1.74. The molecule has 156 valence electrons. The van der Waals surface area contributed by atoms with Crippen LogP contribution in [0.5, 0.6) is 0 Å². The lowest BCUT2D eigenvalue weighted by atomic mass is 10.0. The molecule has 10 heteroatoms. The van der Waals surface area contributed by atoms with Crippen LogP contribution in [0.2, 0.25) is 5.02 Å². The molecule has 31 heavy (non-hydrogen) atoms. The molecule has 1 atom stereocenters. The summed E-state index contributed by atoms with van der Waals surface area (Å²) in [6.07, 6.45) is 2.17. The number of nitrogens with zero attached hydrogens (tertiary/aromatic N) is 4. The Hall–Kier alpha value is -2.88. The van der Waals surface area contributed by atoms with Gasteiger partial charge in [-0.3, -0.25) is 9.89 Å². The maximum atomic E-state index is 13.1. The van der Waals surface area contributed by atoms with Crippen LogP contribution in [0.3, 0.4) is 0 Å². The minimum Gasteiger partial charge on any atom is -0.467 e. The molecule has 1 N–H and O–H groups in total. The first-order valence-electron chi connectivity index (χ1n) is 9.45. The summed E-state index contributed by atoms with van der Waals surface area (Å²) in [6, 6.07) is 14.8. The number of halogens is 1. The van der Waals surface area contributed by atoms with Crippen molar-refractivity contribution in [1.82, 2.24) is 20.2 Å². The molecular formula is C21H16ClN5O2S2. The van der Waals surface area contributed by atoms with E-state index in [1.807, 2.05) is 53.9 Å². The van der Waals surface area contributed by atoms with Gasteiger partial charge in [0.25, 0.3) is 5.91 Å².